The second-order valence-corrected chi connectivity index (χ2v) is 6.39. The molecule has 1 aromatic carbocycles. The summed E-state index contributed by atoms with van der Waals surface area (Å²) in [6.07, 6.45) is 4.56. The lowest BCUT2D eigenvalue weighted by Gasteiger charge is -2.39. The van der Waals surface area contributed by atoms with Crippen LogP contribution in [0.1, 0.15) is 31.2 Å². The van der Waals surface area contributed by atoms with Gasteiger partial charge >= 0.3 is 0 Å². The number of ether oxygens (including phenoxy) is 1. The van der Waals surface area contributed by atoms with E-state index in [-0.39, 0.29) is 17.1 Å². The topological polar surface area (TPSA) is 49.8 Å². The zero-order chi connectivity index (χ0) is 14.7. The standard InChI is InChI=1S/C17H23NO3/c19-15-4-1-3-14(11-15)5-6-16(20)18-9-2-7-17(12-18)8-10-21-13-17/h1,3-4,11,19H,2,5-10,12-13H2. The fraction of sp³-hybridized carbons (Fsp3) is 0.588. The van der Waals surface area contributed by atoms with Gasteiger partial charge in [0.05, 0.1) is 6.61 Å². The molecule has 1 spiro atoms. The molecule has 0 saturated carbocycles. The lowest BCUT2D eigenvalue weighted by Crippen LogP contribution is -2.46. The number of nitrogens with zero attached hydrogens (tertiary/aromatic N) is 1. The maximum atomic E-state index is 12.4. The summed E-state index contributed by atoms with van der Waals surface area (Å²) >= 11 is 0. The molecule has 0 bridgehead atoms. The Hall–Kier alpha value is -1.55. The van der Waals surface area contributed by atoms with Crippen molar-refractivity contribution in [3.05, 3.63) is 29.8 Å². The lowest BCUT2D eigenvalue weighted by molar-refractivity contribution is -0.134. The number of piperidine rings is 1. The first-order chi connectivity index (χ1) is 10.2. The third kappa shape index (κ3) is 3.38. The highest BCUT2D eigenvalue weighted by Gasteiger charge is 2.39. The molecule has 3 rings (SSSR count). The maximum absolute atomic E-state index is 12.4. The van der Waals surface area contributed by atoms with Gasteiger partial charge in [0.25, 0.3) is 0 Å². The SMILES string of the molecule is O=C(CCc1cccc(O)c1)N1CCCC2(CCOC2)C1. The maximum Gasteiger partial charge on any atom is 0.222 e. The van der Waals surface area contributed by atoms with E-state index >= 15 is 0 Å². The van der Waals surface area contributed by atoms with Gasteiger partial charge < -0.3 is 14.7 Å². The van der Waals surface area contributed by atoms with Crippen molar-refractivity contribution in [2.75, 3.05) is 26.3 Å². The minimum atomic E-state index is 0.221. The van der Waals surface area contributed by atoms with E-state index in [9.17, 15) is 9.90 Å². The van der Waals surface area contributed by atoms with E-state index in [1.807, 2.05) is 17.0 Å². The minimum absolute atomic E-state index is 0.221. The van der Waals surface area contributed by atoms with Gasteiger partial charge in [-0.25, -0.2) is 0 Å². The molecule has 4 heteroatoms. The van der Waals surface area contributed by atoms with E-state index < -0.39 is 0 Å². The monoisotopic (exact) mass is 289 g/mol. The largest absolute Gasteiger partial charge is 0.508 e. The predicted octanol–water partition coefficient (Wildman–Crippen LogP) is 2.35. The quantitative estimate of drug-likeness (QED) is 0.929. The zero-order valence-corrected chi connectivity index (χ0v) is 12.4. The Bertz CT molecular complexity index is 509. The van der Waals surface area contributed by atoms with Gasteiger partial charge in [-0.1, -0.05) is 12.1 Å². The van der Waals surface area contributed by atoms with E-state index in [0.717, 1.165) is 44.7 Å². The number of likely N-dealkylation sites (tertiary alicyclic amines) is 1. The van der Waals surface area contributed by atoms with Gasteiger partial charge in [0.15, 0.2) is 0 Å². The molecule has 114 valence electrons. The first kappa shape index (κ1) is 14.4. The number of phenolic OH excluding ortho intramolecular Hbond substituents is 1. The Morgan fingerprint density at radius 3 is 3.05 bits per heavy atom. The van der Waals surface area contributed by atoms with Gasteiger partial charge in [-0.3, -0.25) is 4.79 Å². The first-order valence-corrected chi connectivity index (χ1v) is 7.80. The molecule has 1 amide bonds. The third-order valence-corrected chi connectivity index (χ3v) is 4.74. The van der Waals surface area contributed by atoms with Crippen molar-refractivity contribution in [1.29, 1.82) is 0 Å². The highest BCUT2D eigenvalue weighted by Crippen LogP contribution is 2.37. The molecule has 2 aliphatic rings. The number of aromatic hydroxyl groups is 1. The second-order valence-electron chi connectivity index (χ2n) is 6.39. The third-order valence-electron chi connectivity index (χ3n) is 4.74. The molecular weight excluding hydrogens is 266 g/mol. The molecule has 2 heterocycles. The molecule has 0 aromatic heterocycles. The van der Waals surface area contributed by atoms with Crippen LogP contribution in [-0.2, 0) is 16.0 Å². The van der Waals surface area contributed by atoms with Crippen molar-refractivity contribution in [3.8, 4) is 5.75 Å². The smallest absolute Gasteiger partial charge is 0.222 e. The van der Waals surface area contributed by atoms with Gasteiger partial charge in [0, 0.05) is 31.5 Å². The predicted molar refractivity (Wildman–Crippen MR) is 80.1 cm³/mol. The highest BCUT2D eigenvalue weighted by molar-refractivity contribution is 5.76. The van der Waals surface area contributed by atoms with Crippen LogP contribution in [0.4, 0.5) is 0 Å². The fourth-order valence-electron chi connectivity index (χ4n) is 3.51. The van der Waals surface area contributed by atoms with Crippen molar-refractivity contribution < 1.29 is 14.6 Å². The number of carbonyl (C=O) groups is 1. The second kappa shape index (κ2) is 6.06. The highest BCUT2D eigenvalue weighted by atomic mass is 16.5. The molecule has 1 atom stereocenters. The normalized spacial score (nSPS) is 25.4. The minimum Gasteiger partial charge on any atom is -0.508 e. The molecule has 2 aliphatic heterocycles. The summed E-state index contributed by atoms with van der Waals surface area (Å²) in [6.45, 7) is 3.38. The summed E-state index contributed by atoms with van der Waals surface area (Å²) in [5.41, 5.74) is 1.23. The molecule has 1 aromatic rings. The van der Waals surface area contributed by atoms with Crippen LogP contribution >= 0.6 is 0 Å². The van der Waals surface area contributed by atoms with E-state index in [2.05, 4.69) is 0 Å². The Labute approximate surface area is 125 Å². The van der Waals surface area contributed by atoms with Gasteiger partial charge in [-0.05, 0) is 43.4 Å². The van der Waals surface area contributed by atoms with Gasteiger partial charge in [0.2, 0.25) is 5.91 Å². The molecule has 1 N–H and O–H groups in total. The summed E-state index contributed by atoms with van der Waals surface area (Å²) in [7, 11) is 0. The van der Waals surface area contributed by atoms with Crippen LogP contribution in [-0.4, -0.2) is 42.2 Å². The van der Waals surface area contributed by atoms with Gasteiger partial charge in [-0.15, -0.1) is 0 Å². The Morgan fingerprint density at radius 2 is 2.29 bits per heavy atom. The van der Waals surface area contributed by atoms with Crippen LogP contribution in [0.2, 0.25) is 0 Å². The summed E-state index contributed by atoms with van der Waals surface area (Å²) in [5, 5.41) is 9.46. The Morgan fingerprint density at radius 1 is 1.38 bits per heavy atom. The Kier molecular flexibility index (Phi) is 4.15. The van der Waals surface area contributed by atoms with Crippen molar-refractivity contribution in [3.63, 3.8) is 0 Å². The molecule has 21 heavy (non-hydrogen) atoms. The van der Waals surface area contributed by atoms with Crippen LogP contribution in [0.25, 0.3) is 0 Å². The van der Waals surface area contributed by atoms with Crippen LogP contribution in [0.15, 0.2) is 24.3 Å². The number of hydrogen-bond acceptors (Lipinski definition) is 3. The average Bonchev–Trinajstić information content (AvgIpc) is 2.93. The van der Waals surface area contributed by atoms with Crippen LogP contribution in [0.5, 0.6) is 5.75 Å². The van der Waals surface area contributed by atoms with E-state index in [1.54, 1.807) is 12.1 Å². The molecule has 2 saturated heterocycles. The molecule has 4 nitrogen and oxygen atoms in total. The average molecular weight is 289 g/mol. The molecule has 1 unspecified atom stereocenters. The van der Waals surface area contributed by atoms with Crippen molar-refractivity contribution in [1.82, 2.24) is 4.90 Å². The fourth-order valence-corrected chi connectivity index (χ4v) is 3.51. The number of hydrogen-bond donors (Lipinski definition) is 1. The van der Waals surface area contributed by atoms with Gasteiger partial charge in [0.1, 0.15) is 5.75 Å². The lowest BCUT2D eigenvalue weighted by atomic mass is 9.79. The number of phenols is 1. The molecule has 2 fully saturated rings. The number of carbonyl (C=O) groups excluding carboxylic acids is 1. The van der Waals surface area contributed by atoms with Crippen LogP contribution < -0.4 is 0 Å². The number of rotatable bonds is 3. The number of amides is 1. The molecule has 0 radical (unpaired) electrons. The first-order valence-electron chi connectivity index (χ1n) is 7.80. The van der Waals surface area contributed by atoms with Crippen molar-refractivity contribution >= 4 is 5.91 Å². The van der Waals surface area contributed by atoms with Crippen LogP contribution in [0, 0.1) is 5.41 Å². The summed E-state index contributed by atoms with van der Waals surface area (Å²) in [5.74, 6) is 0.490. The van der Waals surface area contributed by atoms with Crippen LogP contribution in [0.3, 0.4) is 0 Å². The van der Waals surface area contributed by atoms with Crippen molar-refractivity contribution in [2.24, 2.45) is 5.41 Å². The Balaban J connectivity index is 1.55. The molecule has 0 aliphatic carbocycles. The summed E-state index contributed by atoms with van der Waals surface area (Å²) < 4.78 is 5.54. The van der Waals surface area contributed by atoms with Crippen molar-refractivity contribution in [2.45, 2.75) is 32.1 Å². The number of aryl methyl sites for hydroxylation is 1. The van der Waals surface area contributed by atoms with Gasteiger partial charge in [-0.2, -0.15) is 0 Å². The van der Waals surface area contributed by atoms with E-state index in [4.69, 9.17) is 4.74 Å². The number of benzene rings is 1. The molecular formula is C17H23NO3. The van der Waals surface area contributed by atoms with E-state index in [1.165, 1.54) is 6.42 Å². The summed E-state index contributed by atoms with van der Waals surface area (Å²) in [4.78, 5) is 14.4. The van der Waals surface area contributed by atoms with E-state index in [0.29, 0.717) is 12.8 Å². The summed E-state index contributed by atoms with van der Waals surface area (Å²) in [6, 6.07) is 7.16. The zero-order valence-electron chi connectivity index (χ0n) is 12.4.